The lowest BCUT2D eigenvalue weighted by atomic mass is 9.97. The number of hydrogen-bond donors (Lipinski definition) is 2. The highest BCUT2D eigenvalue weighted by molar-refractivity contribution is 6.76. The Hall–Kier alpha value is -3.28. The van der Waals surface area contributed by atoms with E-state index in [1.165, 1.54) is 0 Å². The van der Waals surface area contributed by atoms with Gasteiger partial charge in [0, 0.05) is 63.6 Å². The summed E-state index contributed by atoms with van der Waals surface area (Å²) in [7, 11) is 0. The van der Waals surface area contributed by atoms with Crippen LogP contribution >= 0.6 is 34.8 Å². The maximum Gasteiger partial charge on any atom is 0.272 e. The fraction of sp³-hybridized carbons (Fsp3) is 0.343. The van der Waals surface area contributed by atoms with Gasteiger partial charge in [0.2, 0.25) is 5.95 Å². The summed E-state index contributed by atoms with van der Waals surface area (Å²) in [6, 6.07) is 25.6. The van der Waals surface area contributed by atoms with Crippen molar-refractivity contribution in [2.45, 2.75) is 41.9 Å². The van der Waals surface area contributed by atoms with E-state index in [1.807, 2.05) is 78.9 Å². The second kappa shape index (κ2) is 15.3. The van der Waals surface area contributed by atoms with Gasteiger partial charge in [-0.3, -0.25) is 9.69 Å². The molecule has 0 spiro atoms. The van der Waals surface area contributed by atoms with Crippen molar-refractivity contribution in [3.63, 3.8) is 0 Å². The van der Waals surface area contributed by atoms with Crippen molar-refractivity contribution in [1.29, 1.82) is 0 Å². The van der Waals surface area contributed by atoms with Crippen molar-refractivity contribution >= 4 is 46.7 Å². The summed E-state index contributed by atoms with van der Waals surface area (Å²) >= 11 is 17.2. The molecule has 0 saturated carbocycles. The number of alkyl halides is 3. The molecule has 0 aliphatic carbocycles. The number of carbonyl (C=O) groups is 1. The molecule has 47 heavy (non-hydrogen) atoms. The van der Waals surface area contributed by atoms with E-state index in [-0.39, 0.29) is 25.4 Å². The molecule has 2 saturated heterocycles. The molecular formula is C35H36Cl3N5O4. The first-order chi connectivity index (χ1) is 22.8. The number of aromatic nitrogens is 2. The Balaban J connectivity index is 1.17. The number of aliphatic hydroxyl groups is 1. The van der Waals surface area contributed by atoms with E-state index in [0.29, 0.717) is 6.42 Å². The number of ether oxygens (including phenoxy) is 2. The molecule has 1 aromatic heterocycles. The van der Waals surface area contributed by atoms with Gasteiger partial charge in [-0.15, -0.1) is 0 Å². The molecule has 3 heterocycles. The number of amides is 1. The van der Waals surface area contributed by atoms with E-state index in [1.54, 1.807) is 12.4 Å². The highest BCUT2D eigenvalue weighted by atomic mass is 35.6. The Bertz CT molecular complexity index is 1620. The normalized spacial score (nSPS) is 20.6. The first kappa shape index (κ1) is 33.6. The van der Waals surface area contributed by atoms with Gasteiger partial charge >= 0.3 is 0 Å². The van der Waals surface area contributed by atoms with Gasteiger partial charge in [-0.2, -0.15) is 0 Å². The number of nitrogens with one attached hydrogen (secondary N) is 1. The first-order valence-corrected chi connectivity index (χ1v) is 16.7. The van der Waals surface area contributed by atoms with E-state index in [2.05, 4.69) is 25.1 Å². The van der Waals surface area contributed by atoms with Gasteiger partial charge in [0.05, 0.1) is 18.8 Å². The van der Waals surface area contributed by atoms with Crippen molar-refractivity contribution < 1.29 is 19.4 Å². The van der Waals surface area contributed by atoms with Crippen LogP contribution in [0.15, 0.2) is 91.3 Å². The fourth-order valence-electron chi connectivity index (χ4n) is 5.96. The molecular weight excluding hydrogens is 661 g/mol. The molecule has 3 aromatic carbocycles. The van der Waals surface area contributed by atoms with Crippen LogP contribution in [-0.2, 0) is 27.4 Å². The third-order valence-corrected chi connectivity index (χ3v) is 9.01. The van der Waals surface area contributed by atoms with Gasteiger partial charge in [0.25, 0.3) is 9.70 Å². The Morgan fingerprint density at radius 2 is 1.55 bits per heavy atom. The molecule has 2 aliphatic rings. The lowest BCUT2D eigenvalue weighted by Gasteiger charge is -2.40. The van der Waals surface area contributed by atoms with Gasteiger partial charge in [-0.25, -0.2) is 9.97 Å². The van der Waals surface area contributed by atoms with Gasteiger partial charge in [0.15, 0.2) is 6.29 Å². The van der Waals surface area contributed by atoms with E-state index >= 15 is 0 Å². The number of carbonyl (C=O) groups excluding carboxylic acids is 1. The molecule has 0 bridgehead atoms. The van der Waals surface area contributed by atoms with Gasteiger partial charge in [-0.1, -0.05) is 108 Å². The smallest absolute Gasteiger partial charge is 0.272 e. The van der Waals surface area contributed by atoms with Crippen LogP contribution in [0.3, 0.4) is 0 Å². The topological polar surface area (TPSA) is 100 Å². The summed E-state index contributed by atoms with van der Waals surface area (Å²) < 4.78 is 11.2. The molecule has 2 aliphatic heterocycles. The fourth-order valence-corrected chi connectivity index (χ4v) is 6.16. The monoisotopic (exact) mass is 695 g/mol. The third-order valence-electron chi connectivity index (χ3n) is 8.49. The number of benzene rings is 3. The van der Waals surface area contributed by atoms with Crippen LogP contribution in [0.5, 0.6) is 0 Å². The standard InChI is InChI=1S/C35H36Cl3N5O4/c36-35(37,38)33(45)41-21-28-4-1-2-5-30(28)25-10-12-27(13-11-25)32-46-29(20-31(47-32)26-8-6-24(23-44)7-9-26)22-42-16-18-43(19-17-42)34-39-14-3-15-40-34/h1-15,29,31-32,44H,16-23H2,(H,41,45). The van der Waals surface area contributed by atoms with Gasteiger partial charge < -0.3 is 24.8 Å². The minimum atomic E-state index is -2.03. The summed E-state index contributed by atoms with van der Waals surface area (Å²) in [5.74, 6) is 0.0843. The highest BCUT2D eigenvalue weighted by Gasteiger charge is 2.34. The molecule has 4 aromatic rings. The maximum absolute atomic E-state index is 12.1. The van der Waals surface area contributed by atoms with Crippen molar-refractivity contribution in [1.82, 2.24) is 20.2 Å². The Kier molecular flexibility index (Phi) is 10.9. The number of piperazine rings is 1. The zero-order chi connectivity index (χ0) is 32.8. The summed E-state index contributed by atoms with van der Waals surface area (Å²) in [5.41, 5.74) is 5.62. The highest BCUT2D eigenvalue weighted by Crippen LogP contribution is 2.39. The zero-order valence-electron chi connectivity index (χ0n) is 25.6. The number of halogens is 3. The van der Waals surface area contributed by atoms with Crippen LogP contribution in [0.25, 0.3) is 11.1 Å². The van der Waals surface area contributed by atoms with Crippen molar-refractivity contribution in [3.8, 4) is 11.1 Å². The SMILES string of the molecule is O=C(NCc1ccccc1-c1ccc(C2OC(CN3CCN(c4ncccn4)CC3)CC(c3ccc(CO)cc3)O2)cc1)C(Cl)(Cl)Cl. The molecule has 1 amide bonds. The minimum Gasteiger partial charge on any atom is -0.392 e. The van der Waals surface area contributed by atoms with E-state index in [4.69, 9.17) is 44.3 Å². The summed E-state index contributed by atoms with van der Waals surface area (Å²) in [6.07, 6.45) is 3.46. The largest absolute Gasteiger partial charge is 0.392 e. The Morgan fingerprint density at radius 3 is 2.23 bits per heavy atom. The van der Waals surface area contributed by atoms with Crippen LogP contribution in [0.4, 0.5) is 5.95 Å². The van der Waals surface area contributed by atoms with E-state index in [9.17, 15) is 9.90 Å². The minimum absolute atomic E-state index is 0.00504. The number of aliphatic hydroxyl groups excluding tert-OH is 1. The van der Waals surface area contributed by atoms with Crippen LogP contribution in [0.2, 0.25) is 0 Å². The number of rotatable bonds is 9. The molecule has 2 fully saturated rings. The van der Waals surface area contributed by atoms with Gasteiger partial charge in [0.1, 0.15) is 0 Å². The molecule has 246 valence electrons. The lowest BCUT2D eigenvalue weighted by Crippen LogP contribution is -2.50. The molecule has 3 atom stereocenters. The predicted octanol–water partition coefficient (Wildman–Crippen LogP) is 5.99. The number of anilines is 1. The lowest BCUT2D eigenvalue weighted by molar-refractivity contribution is -0.253. The van der Waals surface area contributed by atoms with Crippen molar-refractivity contribution in [3.05, 3.63) is 114 Å². The summed E-state index contributed by atoms with van der Waals surface area (Å²) in [5, 5.41) is 12.2. The summed E-state index contributed by atoms with van der Waals surface area (Å²) in [4.78, 5) is 25.6. The van der Waals surface area contributed by atoms with Gasteiger partial charge in [-0.05, 0) is 33.9 Å². The average Bonchev–Trinajstić information content (AvgIpc) is 3.11. The maximum atomic E-state index is 12.1. The van der Waals surface area contributed by atoms with Crippen LogP contribution < -0.4 is 10.2 Å². The Morgan fingerprint density at radius 1 is 0.872 bits per heavy atom. The Labute approximate surface area is 289 Å². The van der Waals surface area contributed by atoms with Crippen LogP contribution in [-0.4, -0.2) is 68.5 Å². The van der Waals surface area contributed by atoms with Crippen LogP contribution in [0, 0.1) is 0 Å². The molecule has 2 N–H and O–H groups in total. The van der Waals surface area contributed by atoms with Crippen molar-refractivity contribution in [2.75, 3.05) is 37.6 Å². The van der Waals surface area contributed by atoms with E-state index in [0.717, 1.165) is 72.1 Å². The summed E-state index contributed by atoms with van der Waals surface area (Å²) in [6.45, 7) is 4.45. The second-order valence-corrected chi connectivity index (χ2v) is 13.9. The van der Waals surface area contributed by atoms with Crippen molar-refractivity contribution in [2.24, 2.45) is 0 Å². The quantitative estimate of drug-likeness (QED) is 0.206. The molecule has 12 heteroatoms. The third kappa shape index (κ3) is 8.61. The molecule has 0 radical (unpaired) electrons. The zero-order valence-corrected chi connectivity index (χ0v) is 27.9. The molecule has 9 nitrogen and oxygen atoms in total. The first-order valence-electron chi connectivity index (χ1n) is 15.5. The molecule has 6 rings (SSSR count). The average molecular weight is 697 g/mol. The van der Waals surface area contributed by atoms with E-state index < -0.39 is 16.0 Å². The predicted molar refractivity (Wildman–Crippen MR) is 183 cm³/mol. The molecule has 3 unspecified atom stereocenters. The number of nitrogens with zero attached hydrogens (tertiary/aromatic N) is 4. The number of hydrogen-bond acceptors (Lipinski definition) is 8. The van der Waals surface area contributed by atoms with Crippen LogP contribution in [0.1, 0.15) is 41.1 Å². The second-order valence-electron chi connectivity index (χ2n) is 11.6.